The summed E-state index contributed by atoms with van der Waals surface area (Å²) in [5.41, 5.74) is 0.0260. The van der Waals surface area contributed by atoms with Gasteiger partial charge in [0.15, 0.2) is 0 Å². The molecule has 1 rings (SSSR count). The van der Waals surface area contributed by atoms with Gasteiger partial charge in [-0.1, -0.05) is 13.8 Å². The summed E-state index contributed by atoms with van der Waals surface area (Å²) in [7, 11) is 0. The first-order valence-corrected chi connectivity index (χ1v) is 5.36. The summed E-state index contributed by atoms with van der Waals surface area (Å²) in [6.45, 7) is 6.23. The molecule has 1 aromatic heterocycles. The van der Waals surface area contributed by atoms with Crippen molar-refractivity contribution in [2.75, 3.05) is 5.32 Å². The van der Waals surface area contributed by atoms with E-state index in [1.54, 1.807) is 12.3 Å². The van der Waals surface area contributed by atoms with Crippen LogP contribution in [0.3, 0.4) is 0 Å². The van der Waals surface area contributed by atoms with Crippen LogP contribution in [-0.4, -0.2) is 15.9 Å². The highest BCUT2D eigenvalue weighted by Gasteiger charge is 2.16. The number of nitrogens with zero attached hydrogens (tertiary/aromatic N) is 2. The van der Waals surface area contributed by atoms with Crippen molar-refractivity contribution >= 4 is 11.5 Å². The van der Waals surface area contributed by atoms with Crippen LogP contribution in [0.4, 0.5) is 11.5 Å². The molecule has 1 N–H and O–H groups in total. The zero-order chi connectivity index (χ0) is 12.1. The largest absolute Gasteiger partial charge is 0.362 e. The van der Waals surface area contributed by atoms with E-state index in [4.69, 9.17) is 0 Å². The first kappa shape index (κ1) is 12.4. The minimum atomic E-state index is -0.419. The van der Waals surface area contributed by atoms with Gasteiger partial charge < -0.3 is 5.32 Å². The first-order valence-electron chi connectivity index (χ1n) is 5.36. The van der Waals surface area contributed by atoms with Crippen LogP contribution < -0.4 is 5.32 Å². The molecular formula is C11H17N3O2. The highest BCUT2D eigenvalue weighted by Crippen LogP contribution is 2.22. The Morgan fingerprint density at radius 3 is 2.75 bits per heavy atom. The summed E-state index contributed by atoms with van der Waals surface area (Å²) in [6.07, 6.45) is 2.51. The minimum Gasteiger partial charge on any atom is -0.362 e. The zero-order valence-corrected chi connectivity index (χ0v) is 9.80. The second kappa shape index (κ2) is 5.44. The van der Waals surface area contributed by atoms with Gasteiger partial charge in [0.25, 0.3) is 0 Å². The molecule has 1 atom stereocenters. The van der Waals surface area contributed by atoms with Crippen LogP contribution in [0, 0.1) is 16.0 Å². The van der Waals surface area contributed by atoms with Gasteiger partial charge in [-0.3, -0.25) is 10.1 Å². The van der Waals surface area contributed by atoms with E-state index in [2.05, 4.69) is 24.1 Å². The first-order chi connectivity index (χ1) is 7.50. The molecule has 5 nitrogen and oxygen atoms in total. The quantitative estimate of drug-likeness (QED) is 0.615. The van der Waals surface area contributed by atoms with Crippen LogP contribution in [0.15, 0.2) is 18.3 Å². The Balaban J connectivity index is 2.76. The SMILES string of the molecule is CC(C)CC(C)Nc1ncccc1[N+](=O)[O-]. The molecule has 0 saturated carbocycles. The van der Waals surface area contributed by atoms with Crippen LogP contribution in [-0.2, 0) is 0 Å². The van der Waals surface area contributed by atoms with E-state index in [-0.39, 0.29) is 11.7 Å². The number of nitrogens with one attached hydrogen (secondary N) is 1. The van der Waals surface area contributed by atoms with Crippen LogP contribution >= 0.6 is 0 Å². The summed E-state index contributed by atoms with van der Waals surface area (Å²) in [4.78, 5) is 14.3. The maximum Gasteiger partial charge on any atom is 0.311 e. The second-order valence-corrected chi connectivity index (χ2v) is 4.30. The molecule has 0 aliphatic carbocycles. The van der Waals surface area contributed by atoms with Gasteiger partial charge in [-0.2, -0.15) is 0 Å². The molecule has 0 amide bonds. The standard InChI is InChI=1S/C11H17N3O2/c1-8(2)7-9(3)13-11-10(14(15)16)5-4-6-12-11/h4-6,8-9H,7H2,1-3H3,(H,12,13). The fraction of sp³-hybridized carbons (Fsp3) is 0.545. The van der Waals surface area contributed by atoms with Gasteiger partial charge in [-0.05, 0) is 25.3 Å². The number of nitro groups is 1. The Hall–Kier alpha value is -1.65. The van der Waals surface area contributed by atoms with Gasteiger partial charge in [0, 0.05) is 18.3 Å². The van der Waals surface area contributed by atoms with E-state index in [0.717, 1.165) is 6.42 Å². The van der Waals surface area contributed by atoms with Crippen molar-refractivity contribution in [1.29, 1.82) is 0 Å². The van der Waals surface area contributed by atoms with E-state index in [0.29, 0.717) is 11.7 Å². The van der Waals surface area contributed by atoms with Gasteiger partial charge in [-0.15, -0.1) is 0 Å². The molecule has 88 valence electrons. The monoisotopic (exact) mass is 223 g/mol. The molecule has 16 heavy (non-hydrogen) atoms. The number of hydrogen-bond acceptors (Lipinski definition) is 4. The maximum atomic E-state index is 10.8. The summed E-state index contributed by atoms with van der Waals surface area (Å²) in [5.74, 6) is 0.894. The van der Waals surface area contributed by atoms with E-state index < -0.39 is 4.92 Å². The predicted molar refractivity (Wildman–Crippen MR) is 63.4 cm³/mol. The van der Waals surface area contributed by atoms with Crippen LogP contribution in [0.25, 0.3) is 0 Å². The molecule has 0 saturated heterocycles. The van der Waals surface area contributed by atoms with Crippen LogP contribution in [0.2, 0.25) is 0 Å². The minimum absolute atomic E-state index is 0.0260. The third kappa shape index (κ3) is 3.49. The van der Waals surface area contributed by atoms with Crippen molar-refractivity contribution in [2.24, 2.45) is 5.92 Å². The molecular weight excluding hydrogens is 206 g/mol. The molecule has 0 spiro atoms. The summed E-state index contributed by atoms with van der Waals surface area (Å²) in [6, 6.07) is 3.20. The smallest absolute Gasteiger partial charge is 0.311 e. The van der Waals surface area contributed by atoms with Gasteiger partial charge in [0.2, 0.25) is 5.82 Å². The number of pyridine rings is 1. The molecule has 1 aromatic rings. The molecule has 0 aromatic carbocycles. The van der Waals surface area contributed by atoms with E-state index in [1.807, 2.05) is 6.92 Å². The lowest BCUT2D eigenvalue weighted by atomic mass is 10.1. The number of anilines is 1. The molecule has 1 heterocycles. The maximum absolute atomic E-state index is 10.8. The zero-order valence-electron chi connectivity index (χ0n) is 9.80. The van der Waals surface area contributed by atoms with Gasteiger partial charge in [0.1, 0.15) is 0 Å². The van der Waals surface area contributed by atoms with Crippen LogP contribution in [0.1, 0.15) is 27.2 Å². The number of hydrogen-bond donors (Lipinski definition) is 1. The lowest BCUT2D eigenvalue weighted by Crippen LogP contribution is -2.18. The molecule has 1 unspecified atom stereocenters. The van der Waals surface area contributed by atoms with E-state index in [1.165, 1.54) is 6.07 Å². The van der Waals surface area contributed by atoms with Gasteiger partial charge >= 0.3 is 5.69 Å². The van der Waals surface area contributed by atoms with Crippen molar-refractivity contribution in [3.63, 3.8) is 0 Å². The van der Waals surface area contributed by atoms with Crippen molar-refractivity contribution in [3.8, 4) is 0 Å². The average Bonchev–Trinajstić information content (AvgIpc) is 2.16. The lowest BCUT2D eigenvalue weighted by molar-refractivity contribution is -0.384. The van der Waals surface area contributed by atoms with E-state index >= 15 is 0 Å². The molecule has 0 fully saturated rings. The molecule has 0 aliphatic rings. The molecule has 0 bridgehead atoms. The predicted octanol–water partition coefficient (Wildman–Crippen LogP) is 2.84. The van der Waals surface area contributed by atoms with Gasteiger partial charge in [0.05, 0.1) is 4.92 Å². The van der Waals surface area contributed by atoms with Crippen molar-refractivity contribution < 1.29 is 4.92 Å². The molecule has 0 aliphatic heterocycles. The summed E-state index contributed by atoms with van der Waals surface area (Å²) in [5, 5.41) is 13.8. The molecule has 0 radical (unpaired) electrons. The van der Waals surface area contributed by atoms with Gasteiger partial charge in [-0.25, -0.2) is 4.98 Å². The Morgan fingerprint density at radius 1 is 1.50 bits per heavy atom. The Labute approximate surface area is 95.0 Å². The van der Waals surface area contributed by atoms with Crippen LogP contribution in [0.5, 0.6) is 0 Å². The Bertz CT molecular complexity index is 366. The highest BCUT2D eigenvalue weighted by atomic mass is 16.6. The fourth-order valence-electron chi connectivity index (χ4n) is 1.65. The van der Waals surface area contributed by atoms with E-state index in [9.17, 15) is 10.1 Å². The molecule has 5 heteroatoms. The fourth-order valence-corrected chi connectivity index (χ4v) is 1.65. The normalized spacial score (nSPS) is 12.5. The number of rotatable bonds is 5. The lowest BCUT2D eigenvalue weighted by Gasteiger charge is -2.16. The van der Waals surface area contributed by atoms with Crippen molar-refractivity contribution in [3.05, 3.63) is 28.4 Å². The average molecular weight is 223 g/mol. The summed E-state index contributed by atoms with van der Waals surface area (Å²) < 4.78 is 0. The number of aromatic nitrogens is 1. The highest BCUT2D eigenvalue weighted by molar-refractivity contribution is 5.55. The third-order valence-electron chi connectivity index (χ3n) is 2.19. The summed E-state index contributed by atoms with van der Waals surface area (Å²) >= 11 is 0. The topological polar surface area (TPSA) is 68.1 Å². The van der Waals surface area contributed by atoms with Crippen molar-refractivity contribution in [2.45, 2.75) is 33.2 Å². The van der Waals surface area contributed by atoms with Crippen molar-refractivity contribution in [1.82, 2.24) is 4.98 Å². The Kier molecular flexibility index (Phi) is 4.22. The third-order valence-corrected chi connectivity index (χ3v) is 2.19. The Morgan fingerprint density at radius 2 is 2.19 bits per heavy atom. The second-order valence-electron chi connectivity index (χ2n) is 4.30.